The standard InChI is InChI=1S/C14H18N4O3/c1-17(14(19)11-8-13(20-2)16-21-11)9-10-3-5-18-6-4-15-12(18)7-10/h4,6,8,10H,3,5,7,9H2,1-2H3/t10-/m1/s1. The van der Waals surface area contributed by atoms with Crippen LogP contribution < -0.4 is 4.74 Å². The van der Waals surface area contributed by atoms with Crippen molar-refractivity contribution in [1.82, 2.24) is 19.6 Å². The van der Waals surface area contributed by atoms with E-state index in [1.54, 1.807) is 11.9 Å². The molecule has 0 radical (unpaired) electrons. The van der Waals surface area contributed by atoms with E-state index in [4.69, 9.17) is 9.26 Å². The molecule has 1 aliphatic rings. The lowest BCUT2D eigenvalue weighted by Crippen LogP contribution is -2.34. The fourth-order valence-corrected chi connectivity index (χ4v) is 2.69. The average molecular weight is 290 g/mol. The van der Waals surface area contributed by atoms with Crippen LogP contribution in [0.4, 0.5) is 0 Å². The molecule has 0 bridgehead atoms. The monoisotopic (exact) mass is 290 g/mol. The SMILES string of the molecule is COc1cc(C(=O)N(C)C[C@@H]2CCn3ccnc3C2)on1. The van der Waals surface area contributed by atoms with Gasteiger partial charge in [0.15, 0.2) is 0 Å². The van der Waals surface area contributed by atoms with Crippen LogP contribution in [0.5, 0.6) is 5.88 Å². The van der Waals surface area contributed by atoms with Crippen LogP contribution in [0.25, 0.3) is 0 Å². The highest BCUT2D eigenvalue weighted by Gasteiger charge is 2.24. The summed E-state index contributed by atoms with van der Waals surface area (Å²) in [4.78, 5) is 18.3. The highest BCUT2D eigenvalue weighted by atomic mass is 16.5. The van der Waals surface area contributed by atoms with E-state index in [0.717, 1.165) is 25.2 Å². The van der Waals surface area contributed by atoms with E-state index < -0.39 is 0 Å². The van der Waals surface area contributed by atoms with Gasteiger partial charge in [-0.2, -0.15) is 0 Å². The van der Waals surface area contributed by atoms with Gasteiger partial charge in [0.1, 0.15) is 5.82 Å². The number of ether oxygens (including phenoxy) is 1. The minimum atomic E-state index is -0.181. The number of rotatable bonds is 4. The third-order valence-corrected chi connectivity index (χ3v) is 3.84. The van der Waals surface area contributed by atoms with Crippen LogP contribution in [0.1, 0.15) is 22.8 Å². The van der Waals surface area contributed by atoms with Crippen LogP contribution in [-0.4, -0.2) is 46.2 Å². The molecule has 0 N–H and O–H groups in total. The van der Waals surface area contributed by atoms with E-state index in [1.165, 1.54) is 13.2 Å². The number of methoxy groups -OCH3 is 1. The van der Waals surface area contributed by atoms with Gasteiger partial charge in [-0.25, -0.2) is 4.98 Å². The summed E-state index contributed by atoms with van der Waals surface area (Å²) in [5.41, 5.74) is 0. The number of carbonyl (C=O) groups excluding carboxylic acids is 1. The van der Waals surface area contributed by atoms with Crippen LogP contribution >= 0.6 is 0 Å². The van der Waals surface area contributed by atoms with Crippen LogP contribution in [0.15, 0.2) is 23.0 Å². The van der Waals surface area contributed by atoms with E-state index >= 15 is 0 Å². The van der Waals surface area contributed by atoms with Crippen LogP contribution in [0.3, 0.4) is 0 Å². The number of imidazole rings is 1. The molecule has 112 valence electrons. The first-order chi connectivity index (χ1) is 10.2. The molecule has 3 heterocycles. The summed E-state index contributed by atoms with van der Waals surface area (Å²) in [5, 5.41) is 3.65. The average Bonchev–Trinajstić information content (AvgIpc) is 3.14. The molecule has 7 nitrogen and oxygen atoms in total. The van der Waals surface area contributed by atoms with Crippen molar-refractivity contribution in [1.29, 1.82) is 0 Å². The van der Waals surface area contributed by atoms with Gasteiger partial charge in [-0.1, -0.05) is 0 Å². The van der Waals surface area contributed by atoms with Crippen molar-refractivity contribution in [3.63, 3.8) is 0 Å². The molecule has 0 aromatic carbocycles. The van der Waals surface area contributed by atoms with Crippen molar-refractivity contribution in [3.05, 3.63) is 30.0 Å². The molecular weight excluding hydrogens is 272 g/mol. The third-order valence-electron chi connectivity index (χ3n) is 3.84. The number of fused-ring (bicyclic) bond motifs is 1. The second kappa shape index (κ2) is 5.59. The maximum Gasteiger partial charge on any atom is 0.292 e. The minimum Gasteiger partial charge on any atom is -0.479 e. The molecule has 2 aromatic rings. The molecule has 2 aromatic heterocycles. The summed E-state index contributed by atoms with van der Waals surface area (Å²) in [6.45, 7) is 1.63. The predicted octanol–water partition coefficient (Wildman–Crippen LogP) is 1.21. The van der Waals surface area contributed by atoms with E-state index in [-0.39, 0.29) is 11.7 Å². The van der Waals surface area contributed by atoms with E-state index in [1.807, 2.05) is 12.4 Å². The van der Waals surface area contributed by atoms with Gasteiger partial charge in [0.05, 0.1) is 13.2 Å². The number of aryl methyl sites for hydroxylation is 1. The molecule has 0 spiro atoms. The fraction of sp³-hybridized carbons (Fsp3) is 0.500. The van der Waals surface area contributed by atoms with Crippen LogP contribution in [0.2, 0.25) is 0 Å². The number of aromatic nitrogens is 3. The predicted molar refractivity (Wildman–Crippen MR) is 74.1 cm³/mol. The van der Waals surface area contributed by atoms with Gasteiger partial charge >= 0.3 is 0 Å². The molecule has 0 unspecified atom stereocenters. The van der Waals surface area contributed by atoms with Gasteiger partial charge < -0.3 is 18.7 Å². The smallest absolute Gasteiger partial charge is 0.292 e. The Balaban J connectivity index is 1.61. The maximum atomic E-state index is 12.3. The minimum absolute atomic E-state index is 0.181. The molecule has 21 heavy (non-hydrogen) atoms. The Morgan fingerprint density at radius 1 is 1.62 bits per heavy atom. The van der Waals surface area contributed by atoms with Gasteiger partial charge in [-0.05, 0) is 17.5 Å². The van der Waals surface area contributed by atoms with E-state index in [9.17, 15) is 4.79 Å². The van der Waals surface area contributed by atoms with Gasteiger partial charge in [0.2, 0.25) is 5.76 Å². The molecule has 1 atom stereocenters. The first kappa shape index (κ1) is 13.7. The van der Waals surface area contributed by atoms with Crippen LogP contribution in [0, 0.1) is 5.92 Å². The largest absolute Gasteiger partial charge is 0.479 e. The summed E-state index contributed by atoms with van der Waals surface area (Å²) in [7, 11) is 3.26. The Labute approximate surface area is 122 Å². The van der Waals surface area contributed by atoms with Crippen LogP contribution in [-0.2, 0) is 13.0 Å². The number of amides is 1. The fourth-order valence-electron chi connectivity index (χ4n) is 2.69. The normalized spacial score (nSPS) is 17.3. The third kappa shape index (κ3) is 2.76. The number of nitrogens with zero attached hydrogens (tertiary/aromatic N) is 4. The first-order valence-electron chi connectivity index (χ1n) is 6.93. The Bertz CT molecular complexity index is 634. The van der Waals surface area contributed by atoms with Crippen molar-refractivity contribution in [2.45, 2.75) is 19.4 Å². The zero-order valence-corrected chi connectivity index (χ0v) is 12.2. The Hall–Kier alpha value is -2.31. The summed E-state index contributed by atoms with van der Waals surface area (Å²) in [6.07, 6.45) is 5.76. The van der Waals surface area contributed by atoms with Crippen molar-refractivity contribution < 1.29 is 14.1 Å². The summed E-state index contributed by atoms with van der Waals surface area (Å²) < 4.78 is 12.1. The van der Waals surface area contributed by atoms with Gasteiger partial charge in [-0.3, -0.25) is 4.79 Å². The van der Waals surface area contributed by atoms with E-state index in [2.05, 4.69) is 14.7 Å². The first-order valence-corrected chi connectivity index (χ1v) is 6.93. The zero-order chi connectivity index (χ0) is 14.8. The number of hydrogen-bond donors (Lipinski definition) is 0. The van der Waals surface area contributed by atoms with Gasteiger partial charge in [0.25, 0.3) is 11.8 Å². The molecule has 1 amide bonds. The summed E-state index contributed by atoms with van der Waals surface area (Å²) in [5.74, 6) is 1.84. The van der Waals surface area contributed by atoms with Gasteiger partial charge in [-0.15, -0.1) is 0 Å². The second-order valence-corrected chi connectivity index (χ2v) is 5.31. The van der Waals surface area contributed by atoms with Crippen molar-refractivity contribution >= 4 is 5.91 Å². The summed E-state index contributed by atoms with van der Waals surface area (Å²) >= 11 is 0. The molecule has 0 saturated heterocycles. The summed E-state index contributed by atoms with van der Waals surface area (Å²) in [6, 6.07) is 1.51. The van der Waals surface area contributed by atoms with E-state index in [0.29, 0.717) is 18.3 Å². The van der Waals surface area contributed by atoms with Gasteiger partial charge in [0, 0.05) is 39.0 Å². The highest BCUT2D eigenvalue weighted by molar-refractivity contribution is 5.91. The molecule has 3 rings (SSSR count). The van der Waals surface area contributed by atoms with Crippen molar-refractivity contribution in [3.8, 4) is 5.88 Å². The number of hydrogen-bond acceptors (Lipinski definition) is 5. The topological polar surface area (TPSA) is 73.4 Å². The lowest BCUT2D eigenvalue weighted by Gasteiger charge is -2.27. The molecular formula is C14H18N4O3. The molecule has 0 aliphatic carbocycles. The highest BCUT2D eigenvalue weighted by Crippen LogP contribution is 2.21. The Morgan fingerprint density at radius 3 is 3.24 bits per heavy atom. The lowest BCUT2D eigenvalue weighted by atomic mass is 9.97. The van der Waals surface area contributed by atoms with Crippen molar-refractivity contribution in [2.75, 3.05) is 20.7 Å². The second-order valence-electron chi connectivity index (χ2n) is 5.31. The Morgan fingerprint density at radius 2 is 2.48 bits per heavy atom. The molecule has 0 fully saturated rings. The molecule has 1 aliphatic heterocycles. The lowest BCUT2D eigenvalue weighted by molar-refractivity contribution is 0.0722. The zero-order valence-electron chi connectivity index (χ0n) is 12.2. The quantitative estimate of drug-likeness (QED) is 0.846. The van der Waals surface area contributed by atoms with Crippen molar-refractivity contribution in [2.24, 2.45) is 5.92 Å². The molecule has 0 saturated carbocycles. The molecule has 7 heteroatoms. The maximum absolute atomic E-state index is 12.3. The Kier molecular flexibility index (Phi) is 3.64. The number of carbonyl (C=O) groups is 1.